The number of hydrogen-bond donors (Lipinski definition) is 2. The summed E-state index contributed by atoms with van der Waals surface area (Å²) in [7, 11) is -3.59. The number of aromatic amines is 1. The van der Waals surface area contributed by atoms with Gasteiger partial charge in [-0.3, -0.25) is 4.79 Å². The molecule has 168 valence electrons. The van der Waals surface area contributed by atoms with Crippen LogP contribution in [0.2, 0.25) is 0 Å². The van der Waals surface area contributed by atoms with E-state index in [-0.39, 0.29) is 16.6 Å². The summed E-state index contributed by atoms with van der Waals surface area (Å²) >= 11 is 1.16. The molecule has 1 amide bonds. The van der Waals surface area contributed by atoms with E-state index in [2.05, 4.69) is 25.5 Å². The van der Waals surface area contributed by atoms with E-state index in [4.69, 9.17) is 4.42 Å². The number of benzene rings is 1. The largest absolute Gasteiger partial charge is 0.467 e. The summed E-state index contributed by atoms with van der Waals surface area (Å²) in [5, 5.41) is 12.0. The Hall–Kier alpha value is -2.96. The van der Waals surface area contributed by atoms with Crippen LogP contribution in [0.5, 0.6) is 0 Å². The number of carbonyl (C=O) groups excluding carboxylic acids is 1. The number of nitrogens with zero attached hydrogens (tertiary/aromatic N) is 4. The molecule has 2 N–H and O–H groups in total. The number of nitrogens with one attached hydrogen (secondary N) is 2. The fraction of sp³-hybridized carbons (Fsp3) is 0.300. The first-order chi connectivity index (χ1) is 15.4. The lowest BCUT2D eigenvalue weighted by molar-refractivity contribution is -0.118. The van der Waals surface area contributed by atoms with Crippen LogP contribution in [0.25, 0.3) is 22.1 Å². The molecule has 12 heteroatoms. The Bertz CT molecular complexity index is 1350. The molecule has 0 radical (unpaired) electrons. The molecule has 0 spiro atoms. The third kappa shape index (κ3) is 4.47. The molecule has 0 aliphatic carbocycles. The maximum atomic E-state index is 12.8. The number of aromatic nitrogens is 4. The average molecular weight is 475 g/mol. The fourth-order valence-electron chi connectivity index (χ4n) is 3.25. The molecule has 3 aromatic heterocycles. The predicted molar refractivity (Wildman–Crippen MR) is 121 cm³/mol. The van der Waals surface area contributed by atoms with Gasteiger partial charge in [0.05, 0.1) is 23.5 Å². The molecule has 3 heterocycles. The highest BCUT2D eigenvalue weighted by molar-refractivity contribution is 7.99. The molecule has 4 aromatic rings. The molecule has 10 nitrogen and oxygen atoms in total. The molecule has 0 aliphatic rings. The van der Waals surface area contributed by atoms with E-state index in [0.717, 1.165) is 11.8 Å². The molecule has 0 unspecified atom stereocenters. The lowest BCUT2D eigenvalue weighted by Gasteiger charge is -2.18. The van der Waals surface area contributed by atoms with Gasteiger partial charge in [-0.2, -0.15) is 4.31 Å². The van der Waals surface area contributed by atoms with E-state index in [0.29, 0.717) is 52.6 Å². The molecular weight excluding hydrogens is 452 g/mol. The van der Waals surface area contributed by atoms with Crippen LogP contribution in [0.15, 0.2) is 51.1 Å². The van der Waals surface area contributed by atoms with Crippen molar-refractivity contribution in [1.82, 2.24) is 29.8 Å². The smallest absolute Gasteiger partial charge is 0.243 e. The zero-order valence-corrected chi connectivity index (χ0v) is 19.2. The third-order valence-corrected chi connectivity index (χ3v) is 7.77. The van der Waals surface area contributed by atoms with E-state index >= 15 is 0 Å². The number of furan rings is 1. The number of rotatable bonds is 9. The molecular formula is C20H22N6O4S2. The van der Waals surface area contributed by atoms with Crippen LogP contribution in [-0.2, 0) is 21.4 Å². The summed E-state index contributed by atoms with van der Waals surface area (Å²) in [6, 6.07) is 8.39. The van der Waals surface area contributed by atoms with Crippen LogP contribution in [0.3, 0.4) is 0 Å². The summed E-state index contributed by atoms with van der Waals surface area (Å²) in [4.78, 5) is 19.8. The minimum atomic E-state index is -3.59. The summed E-state index contributed by atoms with van der Waals surface area (Å²) in [5.74, 6) is 0.613. The Kier molecular flexibility index (Phi) is 6.44. The van der Waals surface area contributed by atoms with Crippen LogP contribution in [0, 0.1) is 0 Å². The summed E-state index contributed by atoms with van der Waals surface area (Å²) in [5.41, 5.74) is 1.66. The Labute approximate surface area is 188 Å². The van der Waals surface area contributed by atoms with Gasteiger partial charge in [0.15, 0.2) is 5.65 Å². The monoisotopic (exact) mass is 474 g/mol. The molecule has 0 atom stereocenters. The van der Waals surface area contributed by atoms with Gasteiger partial charge in [0.25, 0.3) is 0 Å². The standard InChI is InChI=1S/C20H22N6O4S2/c1-3-26(4-2)32(28,29)14-7-8-16-15(10-14)18-19(22-16)23-20(25-24-18)31-12-17(27)21-11-13-6-5-9-30-13/h5-10H,3-4,11-12H2,1-2H3,(H,21,27)(H,22,23,25). The van der Waals surface area contributed by atoms with Gasteiger partial charge in [-0.15, -0.1) is 10.2 Å². The third-order valence-electron chi connectivity index (χ3n) is 4.88. The van der Waals surface area contributed by atoms with Crippen LogP contribution in [-0.4, -0.2) is 57.6 Å². The summed E-state index contributed by atoms with van der Waals surface area (Å²) < 4.78 is 32.3. The number of thioether (sulfide) groups is 1. The Balaban J connectivity index is 1.52. The summed E-state index contributed by atoms with van der Waals surface area (Å²) in [6.45, 7) is 4.70. The molecule has 0 saturated carbocycles. The minimum Gasteiger partial charge on any atom is -0.467 e. The Morgan fingerprint density at radius 3 is 2.75 bits per heavy atom. The van der Waals surface area contributed by atoms with Gasteiger partial charge in [0, 0.05) is 24.0 Å². The molecule has 0 saturated heterocycles. The SMILES string of the molecule is CCN(CC)S(=O)(=O)c1ccc2[nH]c3nc(SCC(=O)NCc4ccco4)nnc3c2c1. The van der Waals surface area contributed by atoms with Gasteiger partial charge in [-0.25, -0.2) is 13.4 Å². The quantitative estimate of drug-likeness (QED) is 0.354. The molecule has 32 heavy (non-hydrogen) atoms. The topological polar surface area (TPSA) is 134 Å². The Morgan fingerprint density at radius 2 is 2.03 bits per heavy atom. The highest BCUT2D eigenvalue weighted by Crippen LogP contribution is 2.27. The van der Waals surface area contributed by atoms with Crippen molar-refractivity contribution in [2.24, 2.45) is 0 Å². The van der Waals surface area contributed by atoms with Gasteiger partial charge in [-0.1, -0.05) is 25.6 Å². The number of fused-ring (bicyclic) bond motifs is 3. The second-order valence-corrected chi connectivity index (χ2v) is 9.74. The number of amides is 1. The van der Waals surface area contributed by atoms with E-state index in [9.17, 15) is 13.2 Å². The lowest BCUT2D eigenvalue weighted by atomic mass is 10.2. The first kappa shape index (κ1) is 22.2. The van der Waals surface area contributed by atoms with Crippen molar-refractivity contribution in [3.8, 4) is 0 Å². The molecule has 4 rings (SSSR count). The number of H-pyrrole nitrogens is 1. The van der Waals surface area contributed by atoms with Gasteiger partial charge >= 0.3 is 0 Å². The zero-order chi connectivity index (χ0) is 22.7. The van der Waals surface area contributed by atoms with Crippen molar-refractivity contribution in [2.75, 3.05) is 18.8 Å². The normalized spacial score (nSPS) is 12.1. The first-order valence-corrected chi connectivity index (χ1v) is 12.4. The van der Waals surface area contributed by atoms with Crippen molar-refractivity contribution < 1.29 is 17.6 Å². The van der Waals surface area contributed by atoms with Gasteiger partial charge in [-0.05, 0) is 30.3 Å². The first-order valence-electron chi connectivity index (χ1n) is 10.0. The number of sulfonamides is 1. The fourth-order valence-corrected chi connectivity index (χ4v) is 5.35. The van der Waals surface area contributed by atoms with Crippen LogP contribution in [0.1, 0.15) is 19.6 Å². The molecule has 0 fully saturated rings. The number of hydrogen-bond acceptors (Lipinski definition) is 8. The maximum Gasteiger partial charge on any atom is 0.243 e. The molecule has 1 aromatic carbocycles. The van der Waals surface area contributed by atoms with Crippen molar-refractivity contribution in [3.05, 3.63) is 42.4 Å². The van der Waals surface area contributed by atoms with Crippen LogP contribution in [0.4, 0.5) is 0 Å². The second-order valence-electron chi connectivity index (χ2n) is 6.86. The van der Waals surface area contributed by atoms with Crippen molar-refractivity contribution >= 4 is 49.8 Å². The zero-order valence-electron chi connectivity index (χ0n) is 17.5. The van der Waals surface area contributed by atoms with Crippen molar-refractivity contribution in [1.29, 1.82) is 0 Å². The second kappa shape index (κ2) is 9.27. The van der Waals surface area contributed by atoms with Crippen LogP contribution < -0.4 is 5.32 Å². The highest BCUT2D eigenvalue weighted by atomic mass is 32.2. The lowest BCUT2D eigenvalue weighted by Crippen LogP contribution is -2.30. The van der Waals surface area contributed by atoms with Crippen molar-refractivity contribution in [3.63, 3.8) is 0 Å². The van der Waals surface area contributed by atoms with E-state index in [1.807, 2.05) is 0 Å². The van der Waals surface area contributed by atoms with Gasteiger partial charge in [0.2, 0.25) is 21.1 Å². The van der Waals surface area contributed by atoms with E-state index in [1.165, 1.54) is 4.31 Å². The highest BCUT2D eigenvalue weighted by Gasteiger charge is 2.23. The van der Waals surface area contributed by atoms with E-state index < -0.39 is 10.0 Å². The molecule has 0 bridgehead atoms. The summed E-state index contributed by atoms with van der Waals surface area (Å²) in [6.07, 6.45) is 1.55. The van der Waals surface area contributed by atoms with Crippen molar-refractivity contribution in [2.45, 2.75) is 30.4 Å². The van der Waals surface area contributed by atoms with Gasteiger partial charge < -0.3 is 14.7 Å². The van der Waals surface area contributed by atoms with Gasteiger partial charge in [0.1, 0.15) is 11.3 Å². The van der Waals surface area contributed by atoms with E-state index in [1.54, 1.807) is 50.4 Å². The Morgan fingerprint density at radius 1 is 1.22 bits per heavy atom. The average Bonchev–Trinajstić information content (AvgIpc) is 3.43. The minimum absolute atomic E-state index is 0.125. The molecule has 0 aliphatic heterocycles. The van der Waals surface area contributed by atoms with Crippen LogP contribution >= 0.6 is 11.8 Å². The number of carbonyl (C=O) groups is 1. The maximum absolute atomic E-state index is 12.8. The predicted octanol–water partition coefficient (Wildman–Crippen LogP) is 2.54.